The first-order valence-electron chi connectivity index (χ1n) is 6.59. The Bertz CT molecular complexity index is 575. The summed E-state index contributed by atoms with van der Waals surface area (Å²) in [6, 6.07) is 4.42. The van der Waals surface area contributed by atoms with Crippen molar-refractivity contribution < 1.29 is 13.9 Å². The van der Waals surface area contributed by atoms with Crippen molar-refractivity contribution in [2.24, 2.45) is 10.2 Å². The highest BCUT2D eigenvalue weighted by molar-refractivity contribution is 8.15. The van der Waals surface area contributed by atoms with Crippen LogP contribution in [0.25, 0.3) is 0 Å². The molecule has 5 nitrogen and oxygen atoms in total. The van der Waals surface area contributed by atoms with E-state index in [1.807, 2.05) is 6.92 Å². The Hall–Kier alpha value is -1.73. The van der Waals surface area contributed by atoms with Gasteiger partial charge < -0.3 is 10.1 Å². The molecule has 0 unspecified atom stereocenters. The van der Waals surface area contributed by atoms with Gasteiger partial charge in [-0.1, -0.05) is 24.8 Å². The Morgan fingerprint density at radius 1 is 1.52 bits per heavy atom. The van der Waals surface area contributed by atoms with Crippen LogP contribution in [0.1, 0.15) is 24.5 Å². The lowest BCUT2D eigenvalue weighted by Crippen LogP contribution is -2.19. The maximum Gasteiger partial charge on any atom is 0.236 e. The SMILES string of the molecule is CCCOCc1cc(F)ccc1C=NN=C1NC(=O)CS1. The number of benzene rings is 1. The predicted molar refractivity (Wildman–Crippen MR) is 82.0 cm³/mol. The van der Waals surface area contributed by atoms with E-state index in [1.165, 1.54) is 30.1 Å². The molecule has 1 aliphatic rings. The standard InChI is InChI=1S/C14H16FN3O2S/c1-2-5-20-8-11-6-12(15)4-3-10(11)7-16-18-14-17-13(19)9-21-14/h3-4,6-7H,2,5,8-9H2,1H3,(H,17,18,19). The van der Waals surface area contributed by atoms with Gasteiger partial charge in [0.05, 0.1) is 18.6 Å². The minimum absolute atomic E-state index is 0.0793. The molecular weight excluding hydrogens is 293 g/mol. The van der Waals surface area contributed by atoms with Crippen molar-refractivity contribution in [3.63, 3.8) is 0 Å². The number of thioether (sulfide) groups is 1. The van der Waals surface area contributed by atoms with Gasteiger partial charge in [-0.3, -0.25) is 4.79 Å². The van der Waals surface area contributed by atoms with E-state index >= 15 is 0 Å². The van der Waals surface area contributed by atoms with Gasteiger partial charge in [-0.05, 0) is 24.1 Å². The van der Waals surface area contributed by atoms with E-state index < -0.39 is 0 Å². The number of carbonyl (C=O) groups excluding carboxylic acids is 1. The van der Waals surface area contributed by atoms with Crippen LogP contribution in [0.3, 0.4) is 0 Å². The second kappa shape index (κ2) is 7.90. The summed E-state index contributed by atoms with van der Waals surface area (Å²) < 4.78 is 18.7. The van der Waals surface area contributed by atoms with Crippen LogP contribution in [0, 0.1) is 5.82 Å². The molecule has 0 spiro atoms. The molecule has 1 heterocycles. The molecule has 0 saturated carbocycles. The van der Waals surface area contributed by atoms with Crippen LogP contribution < -0.4 is 5.32 Å². The summed E-state index contributed by atoms with van der Waals surface area (Å²) in [6.45, 7) is 2.96. The van der Waals surface area contributed by atoms with Crippen molar-refractivity contribution in [2.75, 3.05) is 12.4 Å². The van der Waals surface area contributed by atoms with Gasteiger partial charge in [-0.15, -0.1) is 5.10 Å². The van der Waals surface area contributed by atoms with Crippen molar-refractivity contribution in [3.05, 3.63) is 35.1 Å². The monoisotopic (exact) mass is 309 g/mol. The second-order valence-corrected chi connectivity index (χ2v) is 5.35. The van der Waals surface area contributed by atoms with Crippen LogP contribution in [0.4, 0.5) is 4.39 Å². The number of nitrogens with one attached hydrogen (secondary N) is 1. The molecule has 112 valence electrons. The smallest absolute Gasteiger partial charge is 0.236 e. The lowest BCUT2D eigenvalue weighted by Gasteiger charge is -2.06. The average molecular weight is 309 g/mol. The van der Waals surface area contributed by atoms with Gasteiger partial charge in [0.15, 0.2) is 5.17 Å². The normalized spacial score (nSPS) is 16.9. The van der Waals surface area contributed by atoms with Crippen molar-refractivity contribution >= 4 is 29.1 Å². The Balaban J connectivity index is 2.06. The number of hydrogen-bond acceptors (Lipinski definition) is 5. The van der Waals surface area contributed by atoms with E-state index in [1.54, 1.807) is 6.07 Å². The summed E-state index contributed by atoms with van der Waals surface area (Å²) in [5.41, 5.74) is 1.46. The van der Waals surface area contributed by atoms with Crippen molar-refractivity contribution in [2.45, 2.75) is 20.0 Å². The van der Waals surface area contributed by atoms with Crippen molar-refractivity contribution in [3.8, 4) is 0 Å². The average Bonchev–Trinajstić information content (AvgIpc) is 2.87. The highest BCUT2D eigenvalue weighted by Crippen LogP contribution is 2.12. The van der Waals surface area contributed by atoms with E-state index in [-0.39, 0.29) is 11.7 Å². The zero-order valence-corrected chi connectivity index (χ0v) is 12.5. The second-order valence-electron chi connectivity index (χ2n) is 4.38. The first kappa shape index (κ1) is 15.7. The third kappa shape index (κ3) is 4.95. The molecule has 1 aromatic carbocycles. The molecule has 0 bridgehead atoms. The fourth-order valence-electron chi connectivity index (χ4n) is 1.67. The van der Waals surface area contributed by atoms with E-state index in [2.05, 4.69) is 15.5 Å². The van der Waals surface area contributed by atoms with Gasteiger partial charge in [0.2, 0.25) is 5.91 Å². The third-order valence-corrected chi connectivity index (χ3v) is 3.51. The summed E-state index contributed by atoms with van der Waals surface area (Å²) in [5.74, 6) is -0.0300. The van der Waals surface area contributed by atoms with E-state index in [0.29, 0.717) is 24.1 Å². The molecule has 1 N–H and O–H groups in total. The topological polar surface area (TPSA) is 63.1 Å². The molecule has 0 atom stereocenters. The first-order chi connectivity index (χ1) is 10.2. The fourth-order valence-corrected chi connectivity index (χ4v) is 2.31. The van der Waals surface area contributed by atoms with Gasteiger partial charge >= 0.3 is 0 Å². The molecule has 0 radical (unpaired) electrons. The van der Waals surface area contributed by atoms with Crippen LogP contribution in [0.15, 0.2) is 28.4 Å². The highest BCUT2D eigenvalue weighted by Gasteiger charge is 2.15. The molecule has 2 rings (SSSR count). The van der Waals surface area contributed by atoms with Gasteiger partial charge in [-0.25, -0.2) is 4.39 Å². The van der Waals surface area contributed by atoms with Gasteiger partial charge in [-0.2, -0.15) is 5.10 Å². The maximum absolute atomic E-state index is 13.3. The third-order valence-electron chi connectivity index (χ3n) is 2.64. The van der Waals surface area contributed by atoms with Gasteiger partial charge in [0.1, 0.15) is 5.82 Å². The van der Waals surface area contributed by atoms with Crippen LogP contribution in [0.5, 0.6) is 0 Å². The lowest BCUT2D eigenvalue weighted by molar-refractivity contribution is -0.116. The van der Waals surface area contributed by atoms with Crippen molar-refractivity contribution in [1.82, 2.24) is 5.32 Å². The van der Waals surface area contributed by atoms with E-state index in [4.69, 9.17) is 4.74 Å². The Labute approximate surface area is 126 Å². The predicted octanol–water partition coefficient (Wildman–Crippen LogP) is 2.31. The zero-order chi connectivity index (χ0) is 15.1. The molecule has 1 amide bonds. The molecule has 1 aromatic rings. The maximum atomic E-state index is 13.3. The summed E-state index contributed by atoms with van der Waals surface area (Å²) in [4.78, 5) is 11.0. The summed E-state index contributed by atoms with van der Waals surface area (Å²) in [6.07, 6.45) is 2.44. The molecular formula is C14H16FN3O2S. The molecule has 0 aliphatic carbocycles. The fraction of sp³-hybridized carbons (Fsp3) is 0.357. The number of hydrogen-bond donors (Lipinski definition) is 1. The minimum Gasteiger partial charge on any atom is -0.377 e. The zero-order valence-electron chi connectivity index (χ0n) is 11.6. The summed E-state index contributed by atoms with van der Waals surface area (Å²) >= 11 is 1.30. The number of ether oxygens (including phenoxy) is 1. The lowest BCUT2D eigenvalue weighted by atomic mass is 10.1. The minimum atomic E-state index is -0.313. The first-order valence-corrected chi connectivity index (χ1v) is 7.57. The van der Waals surface area contributed by atoms with Crippen LogP contribution in [-0.4, -0.2) is 29.6 Å². The Kier molecular flexibility index (Phi) is 5.89. The molecule has 0 aromatic heterocycles. The molecule has 1 fully saturated rings. The van der Waals surface area contributed by atoms with E-state index in [0.717, 1.165) is 17.5 Å². The van der Waals surface area contributed by atoms with Crippen LogP contribution >= 0.6 is 11.8 Å². The number of amides is 1. The van der Waals surface area contributed by atoms with E-state index in [9.17, 15) is 9.18 Å². The van der Waals surface area contributed by atoms with Gasteiger partial charge in [0, 0.05) is 12.2 Å². The number of rotatable bonds is 6. The molecule has 7 heteroatoms. The summed E-state index contributed by atoms with van der Waals surface area (Å²) in [5, 5.41) is 10.9. The quantitative estimate of drug-likeness (QED) is 0.498. The largest absolute Gasteiger partial charge is 0.377 e. The van der Waals surface area contributed by atoms with Gasteiger partial charge in [0.25, 0.3) is 0 Å². The van der Waals surface area contributed by atoms with Crippen LogP contribution in [-0.2, 0) is 16.1 Å². The van der Waals surface area contributed by atoms with Crippen LogP contribution in [0.2, 0.25) is 0 Å². The molecule has 1 aliphatic heterocycles. The summed E-state index contributed by atoms with van der Waals surface area (Å²) in [7, 11) is 0. The Morgan fingerprint density at radius 3 is 3.10 bits per heavy atom. The molecule has 21 heavy (non-hydrogen) atoms. The number of halogens is 1. The number of carbonyl (C=O) groups is 1. The Morgan fingerprint density at radius 2 is 2.38 bits per heavy atom. The number of amidine groups is 1. The number of nitrogens with zero attached hydrogens (tertiary/aromatic N) is 2. The highest BCUT2D eigenvalue weighted by atomic mass is 32.2. The molecule has 1 saturated heterocycles. The van der Waals surface area contributed by atoms with Crippen molar-refractivity contribution in [1.29, 1.82) is 0 Å².